The molecule has 4 aliphatic heterocycles. The predicted molar refractivity (Wildman–Crippen MR) is 254 cm³/mol. The van der Waals surface area contributed by atoms with Crippen molar-refractivity contribution in [3.8, 4) is 46.0 Å². The van der Waals surface area contributed by atoms with Crippen molar-refractivity contribution in [2.75, 3.05) is 53.6 Å². The Morgan fingerprint density at radius 2 is 0.500 bits per heavy atom. The van der Waals surface area contributed by atoms with Crippen LogP contribution in [0.2, 0.25) is 0 Å². The minimum atomic E-state index is -0.357. The lowest BCUT2D eigenvalue weighted by molar-refractivity contribution is 0.0951. The van der Waals surface area contributed by atoms with Gasteiger partial charge in [0.2, 0.25) is 27.2 Å². The molecule has 4 heterocycles. The Kier molecular flexibility index (Phi) is 14.4. The second kappa shape index (κ2) is 20.2. The number of hydrogen-bond acceptors (Lipinski definition) is 16. The molecule has 4 aromatic rings. The highest BCUT2D eigenvalue weighted by atomic mass is 32.1. The van der Waals surface area contributed by atoms with Gasteiger partial charge >= 0.3 is 0 Å². The van der Waals surface area contributed by atoms with Crippen LogP contribution in [0.15, 0.2) is 24.3 Å². The highest BCUT2D eigenvalue weighted by molar-refractivity contribution is 7.79. The van der Waals surface area contributed by atoms with E-state index in [1.165, 1.54) is 0 Å². The second-order valence-corrected chi connectivity index (χ2v) is 18.0. The lowest BCUT2D eigenvalue weighted by atomic mass is 9.74. The van der Waals surface area contributed by atoms with E-state index in [2.05, 4.69) is 24.3 Å². The van der Waals surface area contributed by atoms with Crippen molar-refractivity contribution in [3.63, 3.8) is 0 Å². The standard InChI is InChI=1S/C48H56O12S4/c49-9-1-5-25-29-13-31-26(6-2-10-50)33-15-35-28(8-4-12-52)36-16-34-27(7-3-11-51)32-14-30(25)42-38(18-62)44(32)56-23-58-46(34)40(20-64)48(36)60-24-59-47(35)39(19-63)45(33)57-22-55-43(31)37(17-61)41(29)53-21-54-42/h13-16,25-28,49-52,61-64H,1-12,17-24H2. The number of rotatable bonds is 16. The summed E-state index contributed by atoms with van der Waals surface area (Å²) in [6, 6.07) is 8.74. The van der Waals surface area contributed by atoms with Gasteiger partial charge in [-0.15, -0.1) is 0 Å². The summed E-state index contributed by atoms with van der Waals surface area (Å²) < 4.78 is 53.3. The fourth-order valence-corrected chi connectivity index (χ4v) is 11.8. The van der Waals surface area contributed by atoms with Crippen LogP contribution < -0.4 is 37.9 Å². The summed E-state index contributed by atoms with van der Waals surface area (Å²) in [5, 5.41) is 41.9. The van der Waals surface area contributed by atoms with E-state index < -0.39 is 0 Å². The second-order valence-electron chi connectivity index (χ2n) is 16.7. The average molecular weight is 953 g/mol. The molecule has 4 aromatic carbocycles. The van der Waals surface area contributed by atoms with Crippen LogP contribution in [0.4, 0.5) is 0 Å². The maximum atomic E-state index is 10.5. The third-order valence-corrected chi connectivity index (χ3v) is 14.7. The van der Waals surface area contributed by atoms with Gasteiger partial charge in [0.25, 0.3) is 0 Å². The Morgan fingerprint density at radius 1 is 0.328 bits per heavy atom. The Hall–Kier alpha value is -3.48. The van der Waals surface area contributed by atoms with E-state index in [0.29, 0.717) is 97.4 Å². The summed E-state index contributed by atoms with van der Waals surface area (Å²) in [7, 11) is 0. The van der Waals surface area contributed by atoms with E-state index in [-0.39, 0.29) is 100 Å². The summed E-state index contributed by atoms with van der Waals surface area (Å²) >= 11 is 19.7. The summed E-state index contributed by atoms with van der Waals surface area (Å²) in [6.07, 6.45) is 4.09. The molecule has 5 aliphatic rings. The zero-order valence-electron chi connectivity index (χ0n) is 35.6. The van der Waals surface area contributed by atoms with Crippen molar-refractivity contribution >= 4 is 50.5 Å². The lowest BCUT2D eigenvalue weighted by Gasteiger charge is -2.37. The third-order valence-electron chi connectivity index (χ3n) is 13.4. The Bertz CT molecular complexity index is 1930. The van der Waals surface area contributed by atoms with Crippen molar-refractivity contribution in [3.05, 3.63) is 91.0 Å². The maximum absolute atomic E-state index is 10.5. The van der Waals surface area contributed by atoms with Gasteiger partial charge in [-0.3, -0.25) is 0 Å². The number of aliphatic hydroxyl groups excluding tert-OH is 4. The molecule has 64 heavy (non-hydrogen) atoms. The summed E-state index contributed by atoms with van der Waals surface area (Å²) in [5.41, 5.74) is 10.1. The largest absolute Gasteiger partial charge is 0.457 e. The number of thiol groups is 4. The molecule has 0 aromatic heterocycles. The van der Waals surface area contributed by atoms with E-state index in [0.717, 1.165) is 66.8 Å². The Balaban J connectivity index is 1.50. The van der Waals surface area contributed by atoms with Gasteiger partial charge in [0.1, 0.15) is 46.0 Å². The first-order valence-corrected chi connectivity index (χ1v) is 24.7. The van der Waals surface area contributed by atoms with Crippen LogP contribution in [0.1, 0.15) is 142 Å². The van der Waals surface area contributed by atoms with Crippen LogP contribution in [0.5, 0.6) is 46.0 Å². The molecule has 8 bridgehead atoms. The molecule has 0 radical (unpaired) electrons. The quantitative estimate of drug-likeness (QED) is 0.0511. The molecule has 0 spiro atoms. The monoisotopic (exact) mass is 952 g/mol. The van der Waals surface area contributed by atoms with Crippen LogP contribution >= 0.6 is 50.5 Å². The predicted octanol–water partition coefficient (Wildman–Crippen LogP) is 8.25. The molecule has 0 atom stereocenters. The molecule has 0 saturated carbocycles. The highest BCUT2D eigenvalue weighted by Crippen LogP contribution is 2.58. The van der Waals surface area contributed by atoms with Gasteiger partial charge in [0, 0.05) is 140 Å². The minimum absolute atomic E-state index is 0.0334. The smallest absolute Gasteiger partial charge is 0.230 e. The number of aliphatic hydroxyl groups is 4. The van der Waals surface area contributed by atoms with Crippen molar-refractivity contribution in [1.82, 2.24) is 0 Å². The fraction of sp³-hybridized carbons (Fsp3) is 0.500. The van der Waals surface area contributed by atoms with Crippen LogP contribution in [-0.4, -0.2) is 74.0 Å². The number of hydrogen-bond donors (Lipinski definition) is 8. The zero-order chi connectivity index (χ0) is 44.5. The van der Waals surface area contributed by atoms with Crippen LogP contribution in [0, 0.1) is 0 Å². The maximum Gasteiger partial charge on any atom is 0.230 e. The molecule has 0 saturated heterocycles. The van der Waals surface area contributed by atoms with Gasteiger partial charge in [-0.05, 0) is 75.6 Å². The third kappa shape index (κ3) is 7.90. The molecule has 0 fully saturated rings. The van der Waals surface area contributed by atoms with E-state index >= 15 is 0 Å². The van der Waals surface area contributed by atoms with Crippen molar-refractivity contribution in [1.29, 1.82) is 0 Å². The van der Waals surface area contributed by atoms with Gasteiger partial charge in [0.05, 0.1) is 0 Å². The van der Waals surface area contributed by atoms with Crippen molar-refractivity contribution in [2.45, 2.75) is 98.0 Å². The van der Waals surface area contributed by atoms with Crippen molar-refractivity contribution < 1.29 is 58.3 Å². The summed E-state index contributed by atoms with van der Waals surface area (Å²) in [5.74, 6) is 4.41. The van der Waals surface area contributed by atoms with Gasteiger partial charge in [-0.1, -0.05) is 0 Å². The molecule has 1 aliphatic carbocycles. The average Bonchev–Trinajstić information content (AvgIpc) is 3.29. The molecule has 16 heteroatoms. The normalized spacial score (nSPS) is 19.8. The van der Waals surface area contributed by atoms with E-state index in [9.17, 15) is 20.4 Å². The minimum Gasteiger partial charge on any atom is -0.457 e. The van der Waals surface area contributed by atoms with E-state index in [4.69, 9.17) is 88.4 Å². The molecule has 0 amide bonds. The molecule has 4 N–H and O–H groups in total. The first-order valence-electron chi connectivity index (χ1n) is 22.1. The van der Waals surface area contributed by atoms with E-state index in [1.54, 1.807) is 0 Å². The topological polar surface area (TPSA) is 155 Å². The first-order chi connectivity index (χ1) is 31.5. The molecule has 344 valence electrons. The van der Waals surface area contributed by atoms with Gasteiger partial charge in [0.15, 0.2) is 0 Å². The van der Waals surface area contributed by atoms with Crippen LogP contribution in [0.25, 0.3) is 0 Å². The van der Waals surface area contributed by atoms with Crippen LogP contribution in [-0.2, 0) is 23.0 Å². The highest BCUT2D eigenvalue weighted by Gasteiger charge is 2.41. The van der Waals surface area contributed by atoms with Crippen LogP contribution in [0.3, 0.4) is 0 Å². The fourth-order valence-electron chi connectivity index (χ4n) is 10.7. The van der Waals surface area contributed by atoms with Gasteiger partial charge in [-0.2, -0.15) is 50.5 Å². The number of benzene rings is 4. The molecular weight excluding hydrogens is 897 g/mol. The Labute approximate surface area is 395 Å². The lowest BCUT2D eigenvalue weighted by Crippen LogP contribution is -2.25. The molecule has 0 unspecified atom stereocenters. The van der Waals surface area contributed by atoms with Gasteiger partial charge < -0.3 is 58.3 Å². The first kappa shape index (κ1) is 45.7. The molecule has 12 nitrogen and oxygen atoms in total. The summed E-state index contributed by atoms with van der Waals surface area (Å²) in [4.78, 5) is 0. The van der Waals surface area contributed by atoms with E-state index in [1.807, 2.05) is 0 Å². The van der Waals surface area contributed by atoms with Gasteiger partial charge in [-0.25, -0.2) is 0 Å². The number of ether oxygens (including phenoxy) is 8. The van der Waals surface area contributed by atoms with Crippen molar-refractivity contribution in [2.24, 2.45) is 0 Å². The molecule has 9 rings (SSSR count). The molecular formula is C48H56O12S4. The Morgan fingerprint density at radius 3 is 0.641 bits per heavy atom. The summed E-state index contributed by atoms with van der Waals surface area (Å²) in [6.45, 7) is -0.647. The SMILES string of the molecule is OCCCC1c2cc3c4c(CS)c2OCOc2c1cc1c(c2CS)OCOc2c(cc5c(c2CS)OCOc2c(cc(c(c2CS)OCO4)C3CCCO)C5CCCO)C1CCCO. The zero-order valence-corrected chi connectivity index (χ0v) is 39.2.